The molecule has 2 heterocycles. The van der Waals surface area contributed by atoms with E-state index in [2.05, 4.69) is 36.6 Å². The van der Waals surface area contributed by atoms with Crippen LogP contribution in [0.1, 0.15) is 44.5 Å². The highest BCUT2D eigenvalue weighted by Gasteiger charge is 2.39. The molecular formula is C27H34N8O6. The van der Waals surface area contributed by atoms with Crippen LogP contribution in [-0.2, 0) is 36.9 Å². The number of nitrogens with one attached hydrogen (secondary N) is 4. The number of tetrazole rings is 1. The van der Waals surface area contributed by atoms with Gasteiger partial charge in [-0.05, 0) is 30.4 Å². The number of para-hydroxylation sites is 1. The quantitative estimate of drug-likeness (QED) is 0.234. The molecule has 2 aromatic rings. The fourth-order valence-corrected chi connectivity index (χ4v) is 5.14. The fourth-order valence-electron chi connectivity index (χ4n) is 5.14. The third-order valence-corrected chi connectivity index (χ3v) is 7.65. The number of nitrogens with zero attached hydrogens (tertiary/aromatic N) is 4. The van der Waals surface area contributed by atoms with Gasteiger partial charge >= 0.3 is 5.97 Å². The van der Waals surface area contributed by atoms with Gasteiger partial charge in [-0.15, -0.1) is 10.2 Å². The molecule has 0 spiro atoms. The number of aromatic nitrogens is 4. The van der Waals surface area contributed by atoms with Crippen LogP contribution in [0.3, 0.4) is 0 Å². The van der Waals surface area contributed by atoms with Gasteiger partial charge in [0.25, 0.3) is 0 Å². The Kier molecular flexibility index (Phi) is 9.42. The predicted octanol–water partition coefficient (Wildman–Crippen LogP) is 0.0879. The van der Waals surface area contributed by atoms with Gasteiger partial charge in [-0.1, -0.05) is 55.8 Å². The standard InChI is InChI=1S/C27H34N8O6/c1-3-15(2)23(30-24(37)17-9-5-6-10-18(17)27(40)41)26(39)29-14-22(36)35-19-11-7-4-8-16(19)12-20(35)25(38)28-13-21-31-33-34-32-21/h4-8,11,15,17-18,20,23H,3,9-10,12-14H2,1-2H3,(H,28,38)(H,29,39)(H,30,37)(H,40,41)(H,31,32,33,34)/t15-,17-,18+,20-,23-/m0/s1. The van der Waals surface area contributed by atoms with Crippen LogP contribution in [0.2, 0.25) is 0 Å². The Balaban J connectivity index is 1.43. The van der Waals surface area contributed by atoms with Crippen molar-refractivity contribution < 1.29 is 29.1 Å². The molecule has 0 unspecified atom stereocenters. The average molecular weight is 567 g/mol. The van der Waals surface area contributed by atoms with Crippen molar-refractivity contribution in [3.05, 3.63) is 47.8 Å². The molecule has 4 amide bonds. The van der Waals surface area contributed by atoms with Gasteiger partial charge in [0, 0.05) is 12.1 Å². The molecule has 0 radical (unpaired) electrons. The van der Waals surface area contributed by atoms with Crippen molar-refractivity contribution in [2.24, 2.45) is 17.8 Å². The zero-order valence-corrected chi connectivity index (χ0v) is 22.9. The summed E-state index contributed by atoms with van der Waals surface area (Å²) in [5.41, 5.74) is 1.38. The van der Waals surface area contributed by atoms with E-state index in [-0.39, 0.29) is 31.1 Å². The van der Waals surface area contributed by atoms with E-state index in [9.17, 15) is 29.1 Å². The van der Waals surface area contributed by atoms with Crippen LogP contribution in [0.25, 0.3) is 0 Å². The minimum Gasteiger partial charge on any atom is -0.481 e. The number of carboxylic acid groups (broad SMARTS) is 1. The molecule has 218 valence electrons. The van der Waals surface area contributed by atoms with Gasteiger partial charge in [0.2, 0.25) is 23.6 Å². The van der Waals surface area contributed by atoms with Crippen LogP contribution < -0.4 is 20.9 Å². The molecule has 1 aromatic carbocycles. The van der Waals surface area contributed by atoms with E-state index < -0.39 is 60.1 Å². The first-order chi connectivity index (χ1) is 19.7. The summed E-state index contributed by atoms with van der Waals surface area (Å²) in [7, 11) is 0. The summed E-state index contributed by atoms with van der Waals surface area (Å²) in [6.45, 7) is 3.28. The molecule has 1 aromatic heterocycles. The van der Waals surface area contributed by atoms with E-state index in [0.29, 0.717) is 18.5 Å². The number of carbonyl (C=O) groups excluding carboxylic acids is 4. The number of aromatic amines is 1. The first kappa shape index (κ1) is 29.4. The summed E-state index contributed by atoms with van der Waals surface area (Å²) < 4.78 is 0. The molecule has 41 heavy (non-hydrogen) atoms. The summed E-state index contributed by atoms with van der Waals surface area (Å²) in [4.78, 5) is 65.9. The lowest BCUT2D eigenvalue weighted by molar-refractivity contribution is -0.147. The number of carbonyl (C=O) groups is 5. The van der Waals surface area contributed by atoms with Gasteiger partial charge in [-0.2, -0.15) is 5.21 Å². The van der Waals surface area contributed by atoms with Crippen LogP contribution in [0.15, 0.2) is 36.4 Å². The van der Waals surface area contributed by atoms with E-state index in [1.54, 1.807) is 31.2 Å². The molecule has 5 N–H and O–H groups in total. The second kappa shape index (κ2) is 13.2. The number of benzene rings is 1. The molecule has 4 rings (SSSR count). The van der Waals surface area contributed by atoms with Gasteiger partial charge in [-0.3, -0.25) is 28.9 Å². The number of fused-ring (bicyclic) bond motifs is 1. The molecule has 0 saturated carbocycles. The van der Waals surface area contributed by atoms with Crippen LogP contribution in [0.5, 0.6) is 0 Å². The second-order valence-corrected chi connectivity index (χ2v) is 10.2. The Morgan fingerprint density at radius 3 is 2.49 bits per heavy atom. The van der Waals surface area contributed by atoms with Gasteiger partial charge in [0.1, 0.15) is 12.1 Å². The van der Waals surface area contributed by atoms with Crippen molar-refractivity contribution in [1.82, 2.24) is 36.6 Å². The van der Waals surface area contributed by atoms with E-state index in [1.165, 1.54) is 4.90 Å². The first-order valence-electron chi connectivity index (χ1n) is 13.6. The van der Waals surface area contributed by atoms with E-state index in [4.69, 9.17) is 0 Å². The molecule has 1 aliphatic carbocycles. The SMILES string of the molecule is CC[C@H](C)[C@H](NC(=O)[C@H]1CC=CC[C@H]1C(=O)O)C(=O)NCC(=O)N1c2ccccc2C[C@H]1C(=O)NCc1nn[nH]n1. The molecule has 14 heteroatoms. The molecular weight excluding hydrogens is 532 g/mol. The van der Waals surface area contributed by atoms with Crippen LogP contribution in [0.4, 0.5) is 5.69 Å². The van der Waals surface area contributed by atoms with Gasteiger partial charge < -0.3 is 21.1 Å². The minimum absolute atomic E-state index is 0.0246. The largest absolute Gasteiger partial charge is 0.481 e. The Hall–Kier alpha value is -4.62. The summed E-state index contributed by atoms with van der Waals surface area (Å²) in [5.74, 6) is -4.72. The van der Waals surface area contributed by atoms with Gasteiger partial charge in [-0.25, -0.2) is 0 Å². The number of hydrogen-bond donors (Lipinski definition) is 5. The highest BCUT2D eigenvalue weighted by molar-refractivity contribution is 6.05. The van der Waals surface area contributed by atoms with Crippen molar-refractivity contribution in [3.8, 4) is 0 Å². The van der Waals surface area contributed by atoms with Crippen molar-refractivity contribution >= 4 is 35.3 Å². The summed E-state index contributed by atoms with van der Waals surface area (Å²) >= 11 is 0. The average Bonchev–Trinajstić information content (AvgIpc) is 3.65. The number of H-pyrrole nitrogens is 1. The van der Waals surface area contributed by atoms with Gasteiger partial charge in [0.15, 0.2) is 5.82 Å². The zero-order chi connectivity index (χ0) is 29.5. The normalized spacial score (nSPS) is 20.9. The first-order valence-corrected chi connectivity index (χ1v) is 13.6. The second-order valence-electron chi connectivity index (χ2n) is 10.2. The van der Waals surface area contributed by atoms with Crippen molar-refractivity contribution in [1.29, 1.82) is 0 Å². The molecule has 0 saturated heterocycles. The lowest BCUT2D eigenvalue weighted by atomic mass is 9.82. The molecule has 5 atom stereocenters. The number of rotatable bonds is 11. The van der Waals surface area contributed by atoms with Crippen LogP contribution in [-0.4, -0.2) is 74.0 Å². The van der Waals surface area contributed by atoms with E-state index in [0.717, 1.165) is 5.56 Å². The number of allylic oxidation sites excluding steroid dienone is 2. The molecule has 0 bridgehead atoms. The monoisotopic (exact) mass is 566 g/mol. The molecule has 1 aliphatic heterocycles. The van der Waals surface area contributed by atoms with E-state index >= 15 is 0 Å². The fraction of sp³-hybridized carbons (Fsp3) is 0.481. The van der Waals surface area contributed by atoms with E-state index in [1.807, 2.05) is 19.1 Å². The van der Waals surface area contributed by atoms with Crippen LogP contribution in [0, 0.1) is 17.8 Å². The molecule has 2 aliphatic rings. The highest BCUT2D eigenvalue weighted by Crippen LogP contribution is 2.32. The van der Waals surface area contributed by atoms with Gasteiger partial charge in [0.05, 0.1) is 24.9 Å². The van der Waals surface area contributed by atoms with Crippen molar-refractivity contribution in [3.63, 3.8) is 0 Å². The number of amides is 4. The zero-order valence-electron chi connectivity index (χ0n) is 22.9. The Morgan fingerprint density at radius 1 is 1.07 bits per heavy atom. The Morgan fingerprint density at radius 2 is 1.80 bits per heavy atom. The number of carboxylic acids is 1. The van der Waals surface area contributed by atoms with Crippen molar-refractivity contribution in [2.45, 2.75) is 58.2 Å². The smallest absolute Gasteiger partial charge is 0.307 e. The third-order valence-electron chi connectivity index (χ3n) is 7.65. The maximum Gasteiger partial charge on any atom is 0.307 e. The van der Waals surface area contributed by atoms with Crippen LogP contribution >= 0.6 is 0 Å². The Bertz CT molecular complexity index is 1310. The maximum absolute atomic E-state index is 13.4. The third kappa shape index (κ3) is 6.76. The summed E-state index contributed by atoms with van der Waals surface area (Å²) in [5, 5.41) is 31.0. The topological polar surface area (TPSA) is 199 Å². The number of anilines is 1. The highest BCUT2D eigenvalue weighted by atomic mass is 16.4. The number of hydrogen-bond acceptors (Lipinski definition) is 8. The molecule has 0 fully saturated rings. The number of aliphatic carboxylic acids is 1. The molecule has 14 nitrogen and oxygen atoms in total. The minimum atomic E-state index is -1.06. The predicted molar refractivity (Wildman–Crippen MR) is 145 cm³/mol. The lowest BCUT2D eigenvalue weighted by Crippen LogP contribution is -2.55. The lowest BCUT2D eigenvalue weighted by Gasteiger charge is -2.29. The maximum atomic E-state index is 13.4. The Labute approximate surface area is 236 Å². The summed E-state index contributed by atoms with van der Waals surface area (Å²) in [6.07, 6.45) is 4.86. The summed E-state index contributed by atoms with van der Waals surface area (Å²) in [6, 6.07) is 5.33. The van der Waals surface area contributed by atoms with Crippen molar-refractivity contribution in [2.75, 3.05) is 11.4 Å².